The molecule has 0 aromatic carbocycles. The van der Waals surface area contributed by atoms with Crippen molar-refractivity contribution in [2.45, 2.75) is 339 Å². The van der Waals surface area contributed by atoms with Crippen LogP contribution >= 0.6 is 0 Å². The number of esters is 14. The van der Waals surface area contributed by atoms with E-state index in [1.54, 1.807) is 11.8 Å². The van der Waals surface area contributed by atoms with E-state index in [0.717, 1.165) is 102 Å². The first-order valence-electron chi connectivity index (χ1n) is 32.5. The summed E-state index contributed by atoms with van der Waals surface area (Å²) in [5.41, 5.74) is 0. The maximum atomic E-state index is 13.2. The quantitative estimate of drug-likeness (QED) is 0.0412. The third-order valence-corrected chi connectivity index (χ3v) is 14.7. The third-order valence-electron chi connectivity index (χ3n) is 14.7. The normalized spacial score (nSPS) is 16.6. The SMILES string of the molecule is C.C.CCC(CC(CC(CC(CC(CC(CC(CC(CC(CC(CC(CC(CC(CC(CC(C)OC(C)=O)OC(C)=O)OC(C)=O)OC(C)=O)OC(C)=O)OC(C)=O)OC(C)=O)OC(C)=O)OC(C)=O)OC(C)=O)OC(C)=O)OC(C)=O)OC(C)=O)OC(C)=O)N1CCCCCC1=O. The van der Waals surface area contributed by atoms with E-state index in [9.17, 15) is 71.9 Å². The number of nitrogens with zero attached hydrogens (tertiary/aromatic N) is 1. The number of hydrogen-bond donors (Lipinski definition) is 0. The van der Waals surface area contributed by atoms with Crippen LogP contribution < -0.4 is 0 Å². The van der Waals surface area contributed by atoms with Crippen LogP contribution in [-0.2, 0) is 138 Å². The van der Waals surface area contributed by atoms with Gasteiger partial charge in [0.2, 0.25) is 5.91 Å². The van der Waals surface area contributed by atoms with Gasteiger partial charge in [-0.25, -0.2) is 0 Å². The Morgan fingerprint density at radius 1 is 0.276 bits per heavy atom. The second-order valence-corrected chi connectivity index (χ2v) is 24.2. The van der Waals surface area contributed by atoms with E-state index < -0.39 is 169 Å². The summed E-state index contributed by atoms with van der Waals surface area (Å²) in [6.45, 7) is 19.6. The standard InChI is InChI=1S/C66H103NO29.2CH4/c1-17-52(67-22-20-18-19-21-66(67)82)24-54(85-40(5)70)26-56(87-42(7)72)28-58(89-44(9)74)30-60(91-46(11)76)32-62(93-48(13)78)34-64(95-50(15)80)36-65(96-51(16)81)35-63(94-49(14)79)33-61(92-47(12)77)31-59(90-45(10)75)29-57(88-43(8)73)27-55(86-41(6)71)25-53(84-39(4)69)23-37(2)83-38(3)68;;/h37,52-65H,17-36H2,1-16H3;2*1H4. The summed E-state index contributed by atoms with van der Waals surface area (Å²) in [5.74, 6) is -11.0. The van der Waals surface area contributed by atoms with Gasteiger partial charge in [0.15, 0.2) is 0 Å². The van der Waals surface area contributed by atoms with Gasteiger partial charge >= 0.3 is 83.6 Å². The molecule has 0 N–H and O–H groups in total. The first-order valence-corrected chi connectivity index (χ1v) is 32.5. The molecule has 0 aromatic rings. The molecular formula is C68H111NO29. The molecule has 98 heavy (non-hydrogen) atoms. The van der Waals surface area contributed by atoms with Gasteiger partial charge < -0.3 is 71.2 Å². The zero-order valence-electron chi connectivity index (χ0n) is 58.6. The third kappa shape index (κ3) is 44.8. The molecule has 1 aliphatic rings. The zero-order valence-corrected chi connectivity index (χ0v) is 58.6. The number of amides is 1. The first kappa shape index (κ1) is 92.1. The lowest BCUT2D eigenvalue weighted by Crippen LogP contribution is -2.43. The fraction of sp³-hybridized carbons (Fsp3) is 0.779. The fourth-order valence-corrected chi connectivity index (χ4v) is 12.0. The van der Waals surface area contributed by atoms with Crippen molar-refractivity contribution in [1.82, 2.24) is 4.90 Å². The van der Waals surface area contributed by atoms with Gasteiger partial charge in [0.05, 0.1) is 0 Å². The summed E-state index contributed by atoms with van der Waals surface area (Å²) in [6, 6.07) is -0.339. The van der Waals surface area contributed by atoms with Crippen LogP contribution in [-0.4, -0.2) is 192 Å². The minimum Gasteiger partial charge on any atom is -0.463 e. The highest BCUT2D eigenvalue weighted by molar-refractivity contribution is 5.77. The molecule has 1 saturated heterocycles. The molecule has 1 fully saturated rings. The van der Waals surface area contributed by atoms with Crippen molar-refractivity contribution in [2.24, 2.45) is 0 Å². The van der Waals surface area contributed by atoms with E-state index in [1.807, 2.05) is 6.92 Å². The number of likely N-dealkylation sites (tertiary alicyclic amines) is 1. The van der Waals surface area contributed by atoms with Crippen molar-refractivity contribution < 1.29 is 138 Å². The highest BCUT2D eigenvalue weighted by Gasteiger charge is 2.38. The van der Waals surface area contributed by atoms with E-state index in [4.69, 9.17) is 66.3 Å². The molecule has 30 heteroatoms. The Balaban J connectivity index is 0. The average Bonchev–Trinajstić information content (AvgIpc) is 1.20. The van der Waals surface area contributed by atoms with Crippen LogP contribution in [0, 0.1) is 0 Å². The predicted octanol–water partition coefficient (Wildman–Crippen LogP) is 7.96. The Hall–Kier alpha value is -7.95. The van der Waals surface area contributed by atoms with Crippen molar-refractivity contribution >= 4 is 89.5 Å². The number of rotatable bonds is 44. The molecule has 1 rings (SSSR count). The van der Waals surface area contributed by atoms with Crippen molar-refractivity contribution in [3.63, 3.8) is 0 Å². The average molecular weight is 1410 g/mol. The highest BCUT2D eigenvalue weighted by Crippen LogP contribution is 2.31. The zero-order chi connectivity index (χ0) is 72.9. The first-order chi connectivity index (χ1) is 44.8. The molecule has 0 aromatic heterocycles. The summed E-state index contributed by atoms with van der Waals surface area (Å²) in [5, 5.41) is 0. The maximum absolute atomic E-state index is 13.2. The molecule has 0 saturated carbocycles. The molecule has 1 amide bonds. The summed E-state index contributed by atoms with van der Waals surface area (Å²) in [7, 11) is 0. The summed E-state index contributed by atoms with van der Waals surface area (Å²) in [4.78, 5) is 192. The highest BCUT2D eigenvalue weighted by atomic mass is 16.6. The Kier molecular flexibility index (Phi) is 45.8. The summed E-state index contributed by atoms with van der Waals surface area (Å²) < 4.78 is 79.3. The topological polar surface area (TPSA) is 389 Å². The smallest absolute Gasteiger partial charge is 0.302 e. The van der Waals surface area contributed by atoms with E-state index in [0.29, 0.717) is 19.4 Å². The number of carbonyl (C=O) groups excluding carboxylic acids is 15. The molecule has 0 aliphatic carbocycles. The predicted molar refractivity (Wildman–Crippen MR) is 346 cm³/mol. The van der Waals surface area contributed by atoms with Gasteiger partial charge in [0, 0.05) is 206 Å². The number of carbonyl (C=O) groups is 15. The summed E-state index contributed by atoms with van der Waals surface area (Å²) in [6.07, 6.45) is -16.5. The molecule has 0 spiro atoms. The van der Waals surface area contributed by atoms with Gasteiger partial charge in [-0.1, -0.05) is 28.2 Å². The van der Waals surface area contributed by atoms with Crippen LogP contribution in [0.5, 0.6) is 0 Å². The molecular weight excluding hydrogens is 1290 g/mol. The van der Waals surface area contributed by atoms with E-state index in [-0.39, 0.29) is 117 Å². The van der Waals surface area contributed by atoms with Crippen LogP contribution in [0.1, 0.15) is 248 Å². The minimum absolute atomic E-state index is 0. The molecule has 562 valence electrons. The monoisotopic (exact) mass is 1410 g/mol. The van der Waals surface area contributed by atoms with Gasteiger partial charge in [-0.05, 0) is 26.2 Å². The van der Waals surface area contributed by atoms with E-state index in [1.165, 1.54) is 13.8 Å². The Bertz CT molecular complexity index is 2590. The maximum Gasteiger partial charge on any atom is 0.302 e. The second kappa shape index (κ2) is 48.7. The van der Waals surface area contributed by atoms with Crippen LogP contribution in [0.4, 0.5) is 0 Å². The summed E-state index contributed by atoms with van der Waals surface area (Å²) >= 11 is 0. The lowest BCUT2D eigenvalue weighted by molar-refractivity contribution is -0.165. The Morgan fingerprint density at radius 3 is 0.622 bits per heavy atom. The van der Waals surface area contributed by atoms with Crippen molar-refractivity contribution in [3.8, 4) is 0 Å². The largest absolute Gasteiger partial charge is 0.463 e. The van der Waals surface area contributed by atoms with Crippen LogP contribution in [0.25, 0.3) is 0 Å². The molecule has 1 heterocycles. The lowest BCUT2D eigenvalue weighted by Gasteiger charge is -2.34. The van der Waals surface area contributed by atoms with Gasteiger partial charge in [-0.2, -0.15) is 0 Å². The van der Waals surface area contributed by atoms with Crippen LogP contribution in [0.2, 0.25) is 0 Å². The second-order valence-electron chi connectivity index (χ2n) is 24.2. The van der Waals surface area contributed by atoms with Gasteiger partial charge in [-0.15, -0.1) is 0 Å². The van der Waals surface area contributed by atoms with Crippen molar-refractivity contribution in [2.75, 3.05) is 6.54 Å². The van der Waals surface area contributed by atoms with Crippen LogP contribution in [0.15, 0.2) is 0 Å². The van der Waals surface area contributed by atoms with E-state index >= 15 is 0 Å². The van der Waals surface area contributed by atoms with E-state index in [2.05, 4.69) is 0 Å². The van der Waals surface area contributed by atoms with Crippen LogP contribution in [0.3, 0.4) is 0 Å². The molecule has 15 atom stereocenters. The Morgan fingerprint density at radius 2 is 0.449 bits per heavy atom. The minimum atomic E-state index is -1.32. The number of hydrogen-bond acceptors (Lipinski definition) is 29. The molecule has 15 unspecified atom stereocenters. The molecule has 0 radical (unpaired) electrons. The van der Waals surface area contributed by atoms with Gasteiger partial charge in [-0.3, -0.25) is 71.9 Å². The van der Waals surface area contributed by atoms with Crippen molar-refractivity contribution in [1.29, 1.82) is 0 Å². The van der Waals surface area contributed by atoms with Crippen molar-refractivity contribution in [3.05, 3.63) is 0 Å². The lowest BCUT2D eigenvalue weighted by atomic mass is 9.93. The van der Waals surface area contributed by atoms with Gasteiger partial charge in [0.25, 0.3) is 0 Å². The fourth-order valence-electron chi connectivity index (χ4n) is 12.0. The molecule has 0 bridgehead atoms. The molecule has 1 aliphatic heterocycles. The number of ether oxygens (including phenoxy) is 14. The van der Waals surface area contributed by atoms with Gasteiger partial charge in [0.1, 0.15) is 85.5 Å². The molecule has 30 nitrogen and oxygen atoms in total. The Labute approximate surface area is 576 Å².